The molecule has 7 heteroatoms. The third kappa shape index (κ3) is 4.29. The van der Waals surface area contributed by atoms with Crippen LogP contribution in [0.25, 0.3) is 10.9 Å². The molecule has 2 aliphatic rings. The lowest BCUT2D eigenvalue weighted by atomic mass is 9.91. The van der Waals surface area contributed by atoms with Gasteiger partial charge in [0.15, 0.2) is 0 Å². The molecule has 1 fully saturated rings. The molecule has 1 atom stereocenters. The Balaban J connectivity index is 1.57. The SMILES string of the molecule is CC(C)C[C@H]1c2[nH]c3ccc(Cl)cc3c2CCN1C(=O)CN1CCC(F)(F)CC1. The van der Waals surface area contributed by atoms with Crippen LogP contribution < -0.4 is 0 Å². The highest BCUT2D eigenvalue weighted by Gasteiger charge is 2.37. The Hall–Kier alpha value is -1.66. The van der Waals surface area contributed by atoms with E-state index in [1.165, 1.54) is 5.56 Å². The van der Waals surface area contributed by atoms with Crippen LogP contribution in [0.15, 0.2) is 18.2 Å². The quantitative estimate of drug-likeness (QED) is 0.749. The van der Waals surface area contributed by atoms with Crippen LogP contribution in [0.2, 0.25) is 5.02 Å². The fraction of sp³-hybridized carbons (Fsp3) is 0.591. The third-order valence-corrected chi connectivity index (χ3v) is 6.41. The average molecular weight is 424 g/mol. The zero-order chi connectivity index (χ0) is 20.8. The number of nitrogens with zero attached hydrogens (tertiary/aromatic N) is 2. The Kier molecular flexibility index (Phi) is 5.60. The Bertz CT molecular complexity index is 901. The van der Waals surface area contributed by atoms with E-state index >= 15 is 0 Å². The molecule has 1 aromatic carbocycles. The molecule has 0 spiro atoms. The number of likely N-dealkylation sites (tertiary alicyclic amines) is 1. The first kappa shape index (κ1) is 20.6. The van der Waals surface area contributed by atoms with Crippen molar-refractivity contribution in [2.75, 3.05) is 26.2 Å². The molecule has 2 aliphatic heterocycles. The number of benzene rings is 1. The predicted molar refractivity (Wildman–Crippen MR) is 112 cm³/mol. The fourth-order valence-corrected chi connectivity index (χ4v) is 4.82. The number of carbonyl (C=O) groups excluding carboxylic acids is 1. The van der Waals surface area contributed by atoms with Crippen LogP contribution in [0.4, 0.5) is 8.78 Å². The second-order valence-corrected chi connectivity index (χ2v) is 9.26. The number of aromatic amines is 1. The van der Waals surface area contributed by atoms with Crippen molar-refractivity contribution in [1.29, 1.82) is 0 Å². The lowest BCUT2D eigenvalue weighted by Gasteiger charge is -2.39. The van der Waals surface area contributed by atoms with Gasteiger partial charge in [-0.2, -0.15) is 0 Å². The van der Waals surface area contributed by atoms with Crippen molar-refractivity contribution in [2.45, 2.75) is 51.5 Å². The van der Waals surface area contributed by atoms with E-state index in [9.17, 15) is 13.6 Å². The van der Waals surface area contributed by atoms with Crippen LogP contribution in [-0.2, 0) is 11.2 Å². The summed E-state index contributed by atoms with van der Waals surface area (Å²) in [6.07, 6.45) is 1.30. The highest BCUT2D eigenvalue weighted by Crippen LogP contribution is 2.39. The van der Waals surface area contributed by atoms with Gasteiger partial charge in [-0.1, -0.05) is 25.4 Å². The lowest BCUT2D eigenvalue weighted by Crippen LogP contribution is -2.48. The highest BCUT2D eigenvalue weighted by molar-refractivity contribution is 6.31. The summed E-state index contributed by atoms with van der Waals surface area (Å²) >= 11 is 6.21. The average Bonchev–Trinajstić information content (AvgIpc) is 3.01. The van der Waals surface area contributed by atoms with Gasteiger partial charge < -0.3 is 9.88 Å². The van der Waals surface area contributed by atoms with E-state index in [1.807, 2.05) is 28.0 Å². The molecule has 0 radical (unpaired) electrons. The fourth-order valence-electron chi connectivity index (χ4n) is 4.65. The number of rotatable bonds is 4. The minimum absolute atomic E-state index is 0.0244. The van der Waals surface area contributed by atoms with E-state index in [0.29, 0.717) is 17.5 Å². The van der Waals surface area contributed by atoms with Crippen LogP contribution in [0.5, 0.6) is 0 Å². The number of carbonyl (C=O) groups is 1. The van der Waals surface area contributed by atoms with Gasteiger partial charge in [-0.3, -0.25) is 9.69 Å². The van der Waals surface area contributed by atoms with Gasteiger partial charge >= 0.3 is 0 Å². The standard InChI is InChI=1S/C22H28ClF2N3O/c1-14(2)11-19-21-16(17-12-15(23)3-4-18(17)26-21)5-8-28(19)20(29)13-27-9-6-22(24,25)7-10-27/h3-4,12,14,19,26H,5-11,13H2,1-2H3/t19-/m0/s1. The van der Waals surface area contributed by atoms with Crippen LogP contribution in [0.3, 0.4) is 0 Å². The van der Waals surface area contributed by atoms with Gasteiger partial charge in [0, 0.05) is 54.1 Å². The number of aromatic nitrogens is 1. The molecule has 0 aliphatic carbocycles. The molecule has 158 valence electrons. The van der Waals surface area contributed by atoms with E-state index in [-0.39, 0.29) is 44.4 Å². The van der Waals surface area contributed by atoms with Crippen LogP contribution in [-0.4, -0.2) is 52.8 Å². The number of hydrogen-bond donors (Lipinski definition) is 1. The van der Waals surface area contributed by atoms with Gasteiger partial charge in [0.1, 0.15) is 0 Å². The number of amides is 1. The largest absolute Gasteiger partial charge is 0.356 e. The Morgan fingerprint density at radius 2 is 2.00 bits per heavy atom. The first-order valence-electron chi connectivity index (χ1n) is 10.4. The first-order valence-corrected chi connectivity index (χ1v) is 10.8. The number of hydrogen-bond acceptors (Lipinski definition) is 2. The maximum atomic E-state index is 13.4. The van der Waals surface area contributed by atoms with Gasteiger partial charge in [-0.25, -0.2) is 8.78 Å². The van der Waals surface area contributed by atoms with Gasteiger partial charge in [0.25, 0.3) is 5.92 Å². The highest BCUT2D eigenvalue weighted by atomic mass is 35.5. The van der Waals surface area contributed by atoms with Crippen LogP contribution in [0.1, 0.15) is 50.4 Å². The molecule has 1 aromatic heterocycles. The van der Waals surface area contributed by atoms with Crippen molar-refractivity contribution in [3.8, 4) is 0 Å². The van der Waals surface area contributed by atoms with E-state index in [2.05, 4.69) is 18.8 Å². The number of halogens is 3. The third-order valence-electron chi connectivity index (χ3n) is 6.17. The van der Waals surface area contributed by atoms with Crippen molar-refractivity contribution in [3.63, 3.8) is 0 Å². The molecule has 0 bridgehead atoms. The van der Waals surface area contributed by atoms with Gasteiger partial charge in [-0.05, 0) is 42.5 Å². The van der Waals surface area contributed by atoms with E-state index in [1.54, 1.807) is 0 Å². The molecule has 1 amide bonds. The Morgan fingerprint density at radius 3 is 2.69 bits per heavy atom. The first-order chi connectivity index (χ1) is 13.7. The van der Waals surface area contributed by atoms with Crippen LogP contribution >= 0.6 is 11.6 Å². The van der Waals surface area contributed by atoms with E-state index in [4.69, 9.17) is 11.6 Å². The van der Waals surface area contributed by atoms with Gasteiger partial charge in [-0.15, -0.1) is 0 Å². The second kappa shape index (κ2) is 7.88. The lowest BCUT2D eigenvalue weighted by molar-refractivity contribution is -0.137. The summed E-state index contributed by atoms with van der Waals surface area (Å²) in [5.41, 5.74) is 3.39. The number of fused-ring (bicyclic) bond motifs is 3. The zero-order valence-electron chi connectivity index (χ0n) is 17.0. The molecule has 29 heavy (non-hydrogen) atoms. The zero-order valence-corrected chi connectivity index (χ0v) is 17.7. The molecule has 3 heterocycles. The smallest absolute Gasteiger partial charge is 0.250 e. The molecule has 0 unspecified atom stereocenters. The van der Waals surface area contributed by atoms with Crippen molar-refractivity contribution < 1.29 is 13.6 Å². The van der Waals surface area contributed by atoms with Gasteiger partial charge in [0.05, 0.1) is 12.6 Å². The summed E-state index contributed by atoms with van der Waals surface area (Å²) in [6.45, 7) is 5.72. The topological polar surface area (TPSA) is 39.3 Å². The summed E-state index contributed by atoms with van der Waals surface area (Å²) in [7, 11) is 0. The number of alkyl halides is 2. The summed E-state index contributed by atoms with van der Waals surface area (Å²) < 4.78 is 26.9. The Morgan fingerprint density at radius 1 is 1.28 bits per heavy atom. The van der Waals surface area contributed by atoms with Crippen LogP contribution in [0, 0.1) is 5.92 Å². The summed E-state index contributed by atoms with van der Waals surface area (Å²) in [4.78, 5) is 20.5. The molecule has 4 nitrogen and oxygen atoms in total. The van der Waals surface area contributed by atoms with Crippen molar-refractivity contribution >= 4 is 28.4 Å². The van der Waals surface area contributed by atoms with Crippen molar-refractivity contribution in [1.82, 2.24) is 14.8 Å². The second-order valence-electron chi connectivity index (χ2n) is 8.82. The molecule has 2 aromatic rings. The van der Waals surface area contributed by atoms with Crippen molar-refractivity contribution in [2.24, 2.45) is 5.92 Å². The molecule has 1 N–H and O–H groups in total. The van der Waals surface area contributed by atoms with E-state index < -0.39 is 5.92 Å². The minimum atomic E-state index is -2.59. The van der Waals surface area contributed by atoms with Crippen molar-refractivity contribution in [3.05, 3.63) is 34.5 Å². The molecule has 1 saturated heterocycles. The molecular formula is C22H28ClF2N3O. The van der Waals surface area contributed by atoms with E-state index in [0.717, 1.165) is 29.4 Å². The predicted octanol–water partition coefficient (Wildman–Crippen LogP) is 5.02. The summed E-state index contributed by atoms with van der Waals surface area (Å²) in [6, 6.07) is 5.83. The maximum Gasteiger partial charge on any atom is 0.250 e. The maximum absolute atomic E-state index is 13.4. The number of piperidine rings is 1. The minimum Gasteiger partial charge on any atom is -0.356 e. The monoisotopic (exact) mass is 423 g/mol. The molecule has 4 rings (SSSR count). The number of H-pyrrole nitrogens is 1. The normalized spacial score (nSPS) is 22.3. The molecular weight excluding hydrogens is 396 g/mol. The molecule has 0 saturated carbocycles. The summed E-state index contributed by atoms with van der Waals surface area (Å²) in [5.74, 6) is -2.14. The Labute approximate surface area is 175 Å². The van der Waals surface area contributed by atoms with Gasteiger partial charge in [0.2, 0.25) is 5.91 Å². The number of nitrogens with one attached hydrogen (secondary N) is 1. The summed E-state index contributed by atoms with van der Waals surface area (Å²) in [5, 5.41) is 1.84.